The average molecular weight is 498 g/mol. The van der Waals surface area contributed by atoms with Crippen LogP contribution in [0.3, 0.4) is 0 Å². The fourth-order valence-electron chi connectivity index (χ4n) is 6.04. The zero-order valence-electron chi connectivity index (χ0n) is 21.5. The van der Waals surface area contributed by atoms with Crippen LogP contribution in [0.25, 0.3) is 10.9 Å². The highest BCUT2D eigenvalue weighted by molar-refractivity contribution is 5.80. The number of aromatic amines is 1. The van der Waals surface area contributed by atoms with Crippen LogP contribution in [0.5, 0.6) is 0 Å². The number of aryl methyl sites for hydroxylation is 1. The van der Waals surface area contributed by atoms with Crippen molar-refractivity contribution in [3.05, 3.63) is 81.9 Å². The van der Waals surface area contributed by atoms with Gasteiger partial charge in [0.05, 0.1) is 6.04 Å². The molecule has 0 unspecified atom stereocenters. The number of fused-ring (bicyclic) bond motifs is 1. The molecule has 0 spiro atoms. The molecule has 8 nitrogen and oxygen atoms in total. The van der Waals surface area contributed by atoms with Crippen LogP contribution in [0.4, 0.5) is 5.69 Å². The standard InChI is InChI=1S/C29H35N7O/c1-2-21-13-14-26-22(19-21)20-25(29(37)30-26)27(28-31-32-33-36(28)24-11-7-4-8-12-24)35-17-15-34(16-18-35)23-9-5-3-6-10-23/h3,5-6,9-10,13-14,19-20,24,27H,2,4,7-8,11-12,15-18H2,1H3,(H,30,37)/t27-/m0/s1. The van der Waals surface area contributed by atoms with E-state index in [2.05, 4.69) is 85.8 Å². The smallest absolute Gasteiger partial charge is 0.253 e. The summed E-state index contributed by atoms with van der Waals surface area (Å²) in [5.74, 6) is 0.788. The molecule has 1 N–H and O–H groups in total. The number of aromatic nitrogens is 5. The van der Waals surface area contributed by atoms with Crippen LogP contribution in [0.2, 0.25) is 0 Å². The summed E-state index contributed by atoms with van der Waals surface area (Å²) in [5.41, 5.74) is 4.02. The van der Waals surface area contributed by atoms with Crippen LogP contribution < -0.4 is 10.5 Å². The highest BCUT2D eigenvalue weighted by atomic mass is 16.1. The van der Waals surface area contributed by atoms with Gasteiger partial charge in [0.2, 0.25) is 0 Å². The number of tetrazole rings is 1. The number of piperazine rings is 1. The first-order valence-corrected chi connectivity index (χ1v) is 13.7. The Balaban J connectivity index is 1.40. The Morgan fingerprint density at radius 2 is 1.76 bits per heavy atom. The maximum Gasteiger partial charge on any atom is 0.253 e. The van der Waals surface area contributed by atoms with Gasteiger partial charge >= 0.3 is 0 Å². The van der Waals surface area contributed by atoms with E-state index in [1.165, 1.54) is 30.5 Å². The van der Waals surface area contributed by atoms with Gasteiger partial charge in [0.15, 0.2) is 5.82 Å². The molecule has 1 aliphatic carbocycles. The molecule has 2 aromatic heterocycles. The SMILES string of the molecule is CCc1ccc2[nH]c(=O)c([C@@H](c3nnnn3C3CCCCC3)N3CCN(c4ccccc4)CC3)cc2c1. The number of nitrogens with zero attached hydrogens (tertiary/aromatic N) is 6. The molecule has 1 saturated heterocycles. The van der Waals surface area contributed by atoms with Gasteiger partial charge in [0.25, 0.3) is 5.56 Å². The second-order valence-corrected chi connectivity index (χ2v) is 10.4. The molecule has 4 aromatic rings. The van der Waals surface area contributed by atoms with E-state index in [0.29, 0.717) is 0 Å². The van der Waals surface area contributed by atoms with Crippen molar-refractivity contribution >= 4 is 16.6 Å². The molecule has 0 amide bonds. The third-order valence-corrected chi connectivity index (χ3v) is 8.12. The predicted octanol–water partition coefficient (Wildman–Crippen LogP) is 4.49. The summed E-state index contributed by atoms with van der Waals surface area (Å²) in [6.45, 7) is 5.57. The molecule has 6 rings (SSSR count). The van der Waals surface area contributed by atoms with Crippen molar-refractivity contribution in [1.82, 2.24) is 30.1 Å². The lowest BCUT2D eigenvalue weighted by Crippen LogP contribution is -2.49. The van der Waals surface area contributed by atoms with Crippen LogP contribution in [-0.2, 0) is 6.42 Å². The van der Waals surface area contributed by atoms with E-state index in [1.807, 2.05) is 10.7 Å². The second-order valence-electron chi connectivity index (χ2n) is 10.4. The van der Waals surface area contributed by atoms with E-state index in [0.717, 1.165) is 67.7 Å². The Kier molecular flexibility index (Phi) is 6.74. The summed E-state index contributed by atoms with van der Waals surface area (Å²) in [5, 5.41) is 14.2. The molecule has 0 radical (unpaired) electrons. The molecular weight excluding hydrogens is 462 g/mol. The topological polar surface area (TPSA) is 82.9 Å². The zero-order valence-corrected chi connectivity index (χ0v) is 21.5. The number of hydrogen-bond acceptors (Lipinski definition) is 6. The minimum Gasteiger partial charge on any atom is -0.369 e. The number of para-hydroxylation sites is 1. The Labute approximate surface area is 217 Å². The minimum atomic E-state index is -0.298. The van der Waals surface area contributed by atoms with Crippen molar-refractivity contribution < 1.29 is 0 Å². The van der Waals surface area contributed by atoms with E-state index in [9.17, 15) is 4.79 Å². The summed E-state index contributed by atoms with van der Waals surface area (Å²) in [6.07, 6.45) is 6.78. The molecule has 3 heterocycles. The predicted molar refractivity (Wildman–Crippen MR) is 146 cm³/mol. The van der Waals surface area contributed by atoms with E-state index in [-0.39, 0.29) is 17.6 Å². The summed E-state index contributed by atoms with van der Waals surface area (Å²) in [6, 6.07) is 18.9. The van der Waals surface area contributed by atoms with Gasteiger partial charge in [0, 0.05) is 42.9 Å². The van der Waals surface area contributed by atoms with Crippen molar-refractivity contribution in [1.29, 1.82) is 0 Å². The van der Waals surface area contributed by atoms with Crippen molar-refractivity contribution in [3.8, 4) is 0 Å². The van der Waals surface area contributed by atoms with Crippen LogP contribution in [0, 0.1) is 0 Å². The quantitative estimate of drug-likeness (QED) is 0.423. The summed E-state index contributed by atoms with van der Waals surface area (Å²) in [7, 11) is 0. The molecule has 1 atom stereocenters. The molecule has 2 fully saturated rings. The first kappa shape index (κ1) is 23.9. The lowest BCUT2D eigenvalue weighted by Gasteiger charge is -2.40. The van der Waals surface area contributed by atoms with E-state index in [4.69, 9.17) is 0 Å². The van der Waals surface area contributed by atoms with Gasteiger partial charge in [-0.05, 0) is 71.0 Å². The molecule has 1 saturated carbocycles. The van der Waals surface area contributed by atoms with Gasteiger partial charge in [-0.2, -0.15) is 0 Å². The first-order valence-electron chi connectivity index (χ1n) is 13.7. The molecular formula is C29H35N7O. The van der Waals surface area contributed by atoms with Gasteiger partial charge in [-0.15, -0.1) is 5.10 Å². The third kappa shape index (κ3) is 4.78. The molecule has 2 aromatic carbocycles. The van der Waals surface area contributed by atoms with Gasteiger partial charge in [-0.25, -0.2) is 4.68 Å². The molecule has 1 aliphatic heterocycles. The number of hydrogen-bond donors (Lipinski definition) is 1. The van der Waals surface area contributed by atoms with Crippen LogP contribution >= 0.6 is 0 Å². The van der Waals surface area contributed by atoms with Crippen molar-refractivity contribution in [2.24, 2.45) is 0 Å². The number of H-pyrrole nitrogens is 1. The Bertz CT molecular complexity index is 1400. The number of rotatable bonds is 6. The lowest BCUT2D eigenvalue weighted by atomic mass is 9.95. The largest absolute Gasteiger partial charge is 0.369 e. The lowest BCUT2D eigenvalue weighted by molar-refractivity contribution is 0.192. The van der Waals surface area contributed by atoms with Crippen molar-refractivity contribution in [2.45, 2.75) is 57.5 Å². The van der Waals surface area contributed by atoms with Crippen molar-refractivity contribution in [3.63, 3.8) is 0 Å². The van der Waals surface area contributed by atoms with Gasteiger partial charge in [0.1, 0.15) is 6.04 Å². The monoisotopic (exact) mass is 497 g/mol. The van der Waals surface area contributed by atoms with E-state index < -0.39 is 0 Å². The fourth-order valence-corrected chi connectivity index (χ4v) is 6.04. The first-order chi connectivity index (χ1) is 18.2. The molecule has 8 heteroatoms. The number of nitrogens with one attached hydrogen (secondary N) is 1. The normalized spacial score (nSPS) is 18.4. The van der Waals surface area contributed by atoms with Crippen LogP contribution in [-0.4, -0.2) is 56.3 Å². The maximum atomic E-state index is 13.6. The second kappa shape index (κ2) is 10.5. The number of benzene rings is 2. The summed E-state index contributed by atoms with van der Waals surface area (Å²) >= 11 is 0. The van der Waals surface area contributed by atoms with E-state index >= 15 is 0 Å². The molecule has 0 bridgehead atoms. The van der Waals surface area contributed by atoms with Gasteiger partial charge < -0.3 is 9.88 Å². The van der Waals surface area contributed by atoms with Gasteiger partial charge in [-0.1, -0.05) is 50.5 Å². The molecule has 2 aliphatic rings. The maximum absolute atomic E-state index is 13.6. The van der Waals surface area contributed by atoms with Gasteiger partial charge in [-0.3, -0.25) is 9.69 Å². The Hall–Kier alpha value is -3.52. The molecule has 37 heavy (non-hydrogen) atoms. The fraction of sp³-hybridized carbons (Fsp3) is 0.448. The number of anilines is 1. The van der Waals surface area contributed by atoms with Crippen LogP contribution in [0.15, 0.2) is 59.4 Å². The highest BCUT2D eigenvalue weighted by Gasteiger charge is 2.34. The molecule has 192 valence electrons. The van der Waals surface area contributed by atoms with Crippen LogP contribution in [0.1, 0.15) is 68.1 Å². The summed E-state index contributed by atoms with van der Waals surface area (Å²) < 4.78 is 2.03. The number of pyridine rings is 1. The van der Waals surface area contributed by atoms with Crippen molar-refractivity contribution in [2.75, 3.05) is 31.1 Å². The average Bonchev–Trinajstić information content (AvgIpc) is 3.44. The zero-order chi connectivity index (χ0) is 25.2. The Morgan fingerprint density at radius 3 is 2.51 bits per heavy atom. The minimum absolute atomic E-state index is 0.0644. The third-order valence-electron chi connectivity index (χ3n) is 8.12. The summed E-state index contributed by atoms with van der Waals surface area (Å²) in [4.78, 5) is 21.5. The van der Waals surface area contributed by atoms with E-state index in [1.54, 1.807) is 0 Å². The highest BCUT2D eigenvalue weighted by Crippen LogP contribution is 2.34. The Morgan fingerprint density at radius 1 is 0.973 bits per heavy atom.